The molecule has 0 saturated heterocycles. The predicted octanol–water partition coefficient (Wildman–Crippen LogP) is 3.10. The number of thioether (sulfide) groups is 1. The van der Waals surface area contributed by atoms with Crippen LogP contribution in [-0.2, 0) is 21.0 Å². The summed E-state index contributed by atoms with van der Waals surface area (Å²) in [6.07, 6.45) is 5.32. The predicted molar refractivity (Wildman–Crippen MR) is 109 cm³/mol. The molecule has 9 heteroatoms. The highest BCUT2D eigenvalue weighted by Gasteiger charge is 2.35. The fraction of sp³-hybridized carbons (Fsp3) is 0.316. The van der Waals surface area contributed by atoms with Crippen molar-refractivity contribution < 1.29 is 19.5 Å². The Morgan fingerprint density at radius 3 is 2.96 bits per heavy atom. The monoisotopic (exact) mass is 402 g/mol. The van der Waals surface area contributed by atoms with Gasteiger partial charge in [0.05, 0.1) is 19.1 Å². The van der Waals surface area contributed by atoms with Crippen molar-refractivity contribution in [3.05, 3.63) is 52.3 Å². The van der Waals surface area contributed by atoms with Gasteiger partial charge in [-0.05, 0) is 12.5 Å². The number of benzene rings is 1. The van der Waals surface area contributed by atoms with Gasteiger partial charge in [-0.1, -0.05) is 41.2 Å². The van der Waals surface area contributed by atoms with E-state index in [-0.39, 0.29) is 17.7 Å². The Balaban J connectivity index is 1.60. The van der Waals surface area contributed by atoms with Crippen LogP contribution in [0.15, 0.2) is 51.4 Å². The second-order valence-corrected chi connectivity index (χ2v) is 7.45. The maximum Gasteiger partial charge on any atom is 0.339 e. The summed E-state index contributed by atoms with van der Waals surface area (Å²) in [6.45, 7) is 2.23. The summed E-state index contributed by atoms with van der Waals surface area (Å²) in [6, 6.07) is 7.11. The van der Waals surface area contributed by atoms with Crippen LogP contribution in [0.2, 0.25) is 0 Å². The van der Waals surface area contributed by atoms with Crippen molar-refractivity contribution in [2.75, 3.05) is 14.2 Å². The number of methoxy groups -OCH3 is 1. The van der Waals surface area contributed by atoms with Crippen LogP contribution in [0.5, 0.6) is 0 Å². The summed E-state index contributed by atoms with van der Waals surface area (Å²) in [4.78, 5) is 20.1. The second-order valence-electron chi connectivity index (χ2n) is 6.18. The molecule has 0 saturated carbocycles. The van der Waals surface area contributed by atoms with Crippen molar-refractivity contribution in [1.82, 2.24) is 9.91 Å². The standard InChI is InChI=1S/C19H22N4O4S/c1-13-17(23-19(28-13)22(2)12-20-23)8-9-21-27-10-14-6-4-5-7-15(14)16(11-26-3)18(24)25/h4-7,9,11-12,19H,8,10H2,1-3H3,(H,24,25). The summed E-state index contributed by atoms with van der Waals surface area (Å²) < 4.78 is 4.89. The van der Waals surface area contributed by atoms with Gasteiger partial charge in [-0.2, -0.15) is 5.10 Å². The Bertz CT molecular complexity index is 865. The largest absolute Gasteiger partial charge is 0.503 e. The Morgan fingerprint density at radius 1 is 1.43 bits per heavy atom. The van der Waals surface area contributed by atoms with Crippen molar-refractivity contribution in [2.45, 2.75) is 25.4 Å². The van der Waals surface area contributed by atoms with E-state index in [2.05, 4.69) is 22.1 Å². The van der Waals surface area contributed by atoms with Gasteiger partial charge < -0.3 is 19.6 Å². The molecule has 28 heavy (non-hydrogen) atoms. The molecule has 0 aliphatic carbocycles. The van der Waals surface area contributed by atoms with Crippen LogP contribution in [0.4, 0.5) is 0 Å². The van der Waals surface area contributed by atoms with Crippen LogP contribution in [0.1, 0.15) is 24.5 Å². The SMILES string of the molecule is COC=C(C(=O)O)c1ccccc1CON=CCC1=C(C)SC2N(C)C=NN12. The van der Waals surface area contributed by atoms with Gasteiger partial charge in [-0.15, -0.1) is 0 Å². The summed E-state index contributed by atoms with van der Waals surface area (Å²) in [5.74, 6) is -1.07. The van der Waals surface area contributed by atoms with E-state index in [1.165, 1.54) is 18.3 Å². The van der Waals surface area contributed by atoms with E-state index in [0.29, 0.717) is 17.5 Å². The number of carbonyl (C=O) groups is 1. The van der Waals surface area contributed by atoms with E-state index in [1.54, 1.807) is 36.2 Å². The van der Waals surface area contributed by atoms with Crippen LogP contribution in [0, 0.1) is 0 Å². The molecule has 0 aromatic heterocycles. The van der Waals surface area contributed by atoms with Crippen LogP contribution in [0.25, 0.3) is 5.57 Å². The lowest BCUT2D eigenvalue weighted by molar-refractivity contribution is -0.130. The van der Waals surface area contributed by atoms with Crippen LogP contribution >= 0.6 is 11.8 Å². The van der Waals surface area contributed by atoms with E-state index in [0.717, 1.165) is 5.70 Å². The Hall–Kier alpha value is -2.94. The number of fused-ring (bicyclic) bond motifs is 1. The number of carboxylic acid groups (broad SMARTS) is 1. The minimum absolute atomic E-state index is 0.0662. The van der Waals surface area contributed by atoms with Crippen molar-refractivity contribution >= 4 is 35.9 Å². The Labute approximate surface area is 167 Å². The molecule has 1 unspecified atom stereocenters. The van der Waals surface area contributed by atoms with Crippen molar-refractivity contribution in [3.63, 3.8) is 0 Å². The number of hydrazone groups is 1. The first-order valence-corrected chi connectivity index (χ1v) is 9.51. The van der Waals surface area contributed by atoms with Gasteiger partial charge >= 0.3 is 5.97 Å². The van der Waals surface area contributed by atoms with Gasteiger partial charge in [0.15, 0.2) is 5.50 Å². The summed E-state index contributed by atoms with van der Waals surface area (Å²) >= 11 is 1.76. The molecule has 3 rings (SSSR count). The fourth-order valence-corrected chi connectivity index (χ4v) is 4.05. The van der Waals surface area contributed by atoms with Crippen molar-refractivity contribution in [2.24, 2.45) is 10.3 Å². The van der Waals surface area contributed by atoms with E-state index in [4.69, 9.17) is 9.57 Å². The maximum absolute atomic E-state index is 11.5. The summed E-state index contributed by atoms with van der Waals surface area (Å²) in [7, 11) is 3.41. The van der Waals surface area contributed by atoms with Crippen LogP contribution in [-0.4, -0.2) is 53.2 Å². The average molecular weight is 402 g/mol. The van der Waals surface area contributed by atoms with Gasteiger partial charge in [0.1, 0.15) is 18.5 Å². The molecule has 2 aliphatic heterocycles. The molecule has 1 N–H and O–H groups in total. The molecule has 1 aromatic carbocycles. The fourth-order valence-electron chi connectivity index (χ4n) is 2.92. The summed E-state index contributed by atoms with van der Waals surface area (Å²) in [5.41, 5.74) is 2.59. The Morgan fingerprint density at radius 2 is 2.21 bits per heavy atom. The first-order chi connectivity index (χ1) is 13.5. The quantitative estimate of drug-likeness (QED) is 0.309. The van der Waals surface area contributed by atoms with E-state index < -0.39 is 5.97 Å². The lowest BCUT2D eigenvalue weighted by atomic mass is 10.0. The number of ether oxygens (including phenoxy) is 1. The number of oxime groups is 1. The van der Waals surface area contributed by atoms with Gasteiger partial charge in [-0.3, -0.25) is 0 Å². The topological polar surface area (TPSA) is 87.0 Å². The molecule has 8 nitrogen and oxygen atoms in total. The number of carboxylic acids is 1. The number of aliphatic carboxylic acids is 1. The zero-order valence-corrected chi connectivity index (χ0v) is 16.7. The maximum atomic E-state index is 11.5. The molecule has 0 spiro atoms. The smallest absolute Gasteiger partial charge is 0.339 e. The number of nitrogens with zero attached hydrogens (tertiary/aromatic N) is 4. The zero-order chi connectivity index (χ0) is 20.1. The van der Waals surface area contributed by atoms with Gasteiger partial charge in [-0.25, -0.2) is 9.80 Å². The Kier molecular flexibility index (Phi) is 6.25. The number of rotatable bonds is 8. The minimum atomic E-state index is -1.07. The molecule has 2 heterocycles. The first-order valence-electron chi connectivity index (χ1n) is 8.63. The molecular weight excluding hydrogens is 380 g/mol. The van der Waals surface area contributed by atoms with E-state index in [1.807, 2.05) is 24.5 Å². The van der Waals surface area contributed by atoms with E-state index in [9.17, 15) is 9.90 Å². The molecular formula is C19H22N4O4S. The molecule has 0 fully saturated rings. The molecule has 148 valence electrons. The first kappa shape index (κ1) is 19.8. The van der Waals surface area contributed by atoms with Crippen molar-refractivity contribution in [1.29, 1.82) is 0 Å². The molecule has 1 aromatic rings. The number of hydrogen-bond acceptors (Lipinski definition) is 8. The molecule has 2 aliphatic rings. The third-order valence-electron chi connectivity index (χ3n) is 4.31. The lowest BCUT2D eigenvalue weighted by Gasteiger charge is -2.21. The molecule has 0 bridgehead atoms. The number of allylic oxidation sites excluding steroid dienone is 2. The summed E-state index contributed by atoms with van der Waals surface area (Å²) in [5, 5.41) is 19.8. The van der Waals surface area contributed by atoms with Crippen LogP contribution in [0.3, 0.4) is 0 Å². The van der Waals surface area contributed by atoms with E-state index >= 15 is 0 Å². The minimum Gasteiger partial charge on any atom is -0.503 e. The highest BCUT2D eigenvalue weighted by atomic mass is 32.2. The van der Waals surface area contributed by atoms with Crippen LogP contribution < -0.4 is 0 Å². The highest BCUT2D eigenvalue weighted by molar-refractivity contribution is 8.03. The lowest BCUT2D eigenvalue weighted by Crippen LogP contribution is -2.30. The van der Waals surface area contributed by atoms with Gasteiger partial charge in [0.25, 0.3) is 0 Å². The number of hydrogen-bond donors (Lipinski definition) is 1. The van der Waals surface area contributed by atoms with Gasteiger partial charge in [0.2, 0.25) is 0 Å². The van der Waals surface area contributed by atoms with Crippen molar-refractivity contribution in [3.8, 4) is 0 Å². The average Bonchev–Trinajstić information content (AvgIpc) is 3.18. The molecule has 1 atom stereocenters. The zero-order valence-electron chi connectivity index (χ0n) is 15.9. The third-order valence-corrected chi connectivity index (χ3v) is 5.64. The normalized spacial score (nSPS) is 19.0. The molecule has 0 radical (unpaired) electrons. The highest BCUT2D eigenvalue weighted by Crippen LogP contribution is 2.41. The molecule has 0 amide bonds. The second kappa shape index (κ2) is 8.83. The van der Waals surface area contributed by atoms with Gasteiger partial charge in [0, 0.05) is 30.2 Å². The third kappa shape index (κ3) is 4.14.